The predicted molar refractivity (Wildman–Crippen MR) is 399 cm³/mol. The average Bonchev–Trinajstić information content (AvgIpc) is 1.58. The van der Waals surface area contributed by atoms with E-state index >= 15 is 0 Å². The maximum atomic E-state index is 6.60. The summed E-state index contributed by atoms with van der Waals surface area (Å²) in [6.07, 6.45) is 0. The molecule has 18 rings (SSSR count). The lowest BCUT2D eigenvalue weighted by atomic mass is 9.82. The number of fused-ring (bicyclic) bond motifs is 16. The number of para-hydroxylation sites is 2. The van der Waals surface area contributed by atoms with E-state index in [9.17, 15) is 0 Å². The fourth-order valence-corrected chi connectivity index (χ4v) is 14.9. The van der Waals surface area contributed by atoms with E-state index in [1.54, 1.807) is 0 Å². The van der Waals surface area contributed by atoms with Crippen LogP contribution in [0.3, 0.4) is 0 Å². The second-order valence-corrected chi connectivity index (χ2v) is 26.7. The van der Waals surface area contributed by atoms with Gasteiger partial charge in [0.05, 0.1) is 0 Å². The fourth-order valence-electron chi connectivity index (χ4n) is 14.5. The highest BCUT2D eigenvalue weighted by atomic mass is 79.9. The summed E-state index contributed by atoms with van der Waals surface area (Å²) < 4.78 is 13.8. The molecule has 14 aromatic carbocycles. The summed E-state index contributed by atoms with van der Waals surface area (Å²) >= 11 is 3.55. The number of hydrogen-bond donors (Lipinski definition) is 1. The summed E-state index contributed by atoms with van der Waals surface area (Å²) in [6, 6.07) is 116. The molecule has 95 heavy (non-hydrogen) atoms. The van der Waals surface area contributed by atoms with Crippen molar-refractivity contribution in [1.82, 2.24) is 0 Å². The van der Waals surface area contributed by atoms with Gasteiger partial charge in [0, 0.05) is 66.0 Å². The van der Waals surface area contributed by atoms with Gasteiger partial charge < -0.3 is 19.7 Å². The first-order valence-electron chi connectivity index (χ1n) is 32.6. The molecule has 456 valence electrons. The second-order valence-electron chi connectivity index (χ2n) is 25.8. The quantitative estimate of drug-likeness (QED) is 0.172. The largest absolute Gasteiger partial charge is 0.456 e. The summed E-state index contributed by atoms with van der Waals surface area (Å²) in [5.41, 5.74) is 30.4. The number of rotatable bonds is 7. The van der Waals surface area contributed by atoms with Gasteiger partial charge in [0.1, 0.15) is 23.0 Å². The molecular formula is C90H67BrN2O2. The van der Waals surface area contributed by atoms with Crippen molar-refractivity contribution in [3.63, 3.8) is 0 Å². The number of nitrogens with zero attached hydrogens (tertiary/aromatic N) is 1. The van der Waals surface area contributed by atoms with Crippen LogP contribution in [0, 0.1) is 0 Å². The van der Waals surface area contributed by atoms with Gasteiger partial charge >= 0.3 is 0 Å². The molecule has 5 heteroatoms. The number of halogens is 1. The average molecular weight is 1290 g/mol. The Morgan fingerprint density at radius 2 is 0.600 bits per heavy atom. The number of benzene rings is 14. The smallest absolute Gasteiger partial charge is 0.135 e. The highest BCUT2D eigenvalue weighted by Gasteiger charge is 2.37. The van der Waals surface area contributed by atoms with Crippen LogP contribution in [0.25, 0.3) is 89.0 Å². The monoisotopic (exact) mass is 1290 g/mol. The highest BCUT2D eigenvalue weighted by Crippen LogP contribution is 2.54. The van der Waals surface area contributed by atoms with Crippen molar-refractivity contribution in [3.8, 4) is 112 Å². The third-order valence-electron chi connectivity index (χ3n) is 19.3. The van der Waals surface area contributed by atoms with E-state index in [0.717, 1.165) is 78.2 Å². The zero-order chi connectivity index (χ0) is 64.2. The Hall–Kier alpha value is -11.2. The van der Waals surface area contributed by atoms with Crippen LogP contribution in [0.4, 0.5) is 28.4 Å². The van der Waals surface area contributed by atoms with Gasteiger partial charge in [-0.15, -0.1) is 0 Å². The molecule has 0 fully saturated rings. The van der Waals surface area contributed by atoms with E-state index in [0.29, 0.717) is 0 Å². The highest BCUT2D eigenvalue weighted by molar-refractivity contribution is 9.10. The second kappa shape index (κ2) is 24.3. The minimum absolute atomic E-state index is 0.0286. The Morgan fingerprint density at radius 3 is 1.14 bits per heavy atom. The van der Waals surface area contributed by atoms with Crippen LogP contribution in [-0.2, 0) is 10.8 Å². The Labute approximate surface area is 565 Å². The summed E-state index contributed by atoms with van der Waals surface area (Å²) in [7, 11) is 0. The zero-order valence-electron chi connectivity index (χ0n) is 53.3. The first-order valence-corrected chi connectivity index (χ1v) is 33.3. The molecule has 2 aliphatic heterocycles. The first kappa shape index (κ1) is 58.8. The molecular weight excluding hydrogens is 1220 g/mol. The van der Waals surface area contributed by atoms with Crippen LogP contribution in [0.2, 0.25) is 0 Å². The van der Waals surface area contributed by atoms with Gasteiger partial charge in [-0.25, -0.2) is 0 Å². The molecule has 0 aromatic heterocycles. The Balaban J connectivity index is 0.000000125. The lowest BCUT2D eigenvalue weighted by Crippen LogP contribution is -2.16. The molecule has 4 aliphatic rings. The molecule has 0 saturated heterocycles. The molecule has 1 N–H and O–H groups in total. The minimum Gasteiger partial charge on any atom is -0.456 e. The van der Waals surface area contributed by atoms with Crippen molar-refractivity contribution < 1.29 is 9.47 Å². The van der Waals surface area contributed by atoms with Gasteiger partial charge in [0.2, 0.25) is 0 Å². The molecule has 14 aromatic rings. The lowest BCUT2D eigenvalue weighted by Gasteiger charge is -2.29. The summed E-state index contributed by atoms with van der Waals surface area (Å²) in [4.78, 5) is 2.38. The van der Waals surface area contributed by atoms with Crippen molar-refractivity contribution in [2.75, 3.05) is 10.2 Å². The van der Waals surface area contributed by atoms with Crippen molar-refractivity contribution in [1.29, 1.82) is 0 Å². The van der Waals surface area contributed by atoms with E-state index in [2.05, 4.69) is 339 Å². The molecule has 0 spiro atoms. The summed E-state index contributed by atoms with van der Waals surface area (Å²) in [6.45, 7) is 9.32. The maximum absolute atomic E-state index is 6.60. The normalized spacial score (nSPS) is 13.0. The molecule has 0 amide bonds. The Bertz CT molecular complexity index is 5230. The van der Waals surface area contributed by atoms with Gasteiger partial charge in [-0.2, -0.15) is 0 Å². The summed E-state index contributed by atoms with van der Waals surface area (Å²) in [5, 5.41) is 3.58. The van der Waals surface area contributed by atoms with Crippen molar-refractivity contribution >= 4 is 44.4 Å². The molecule has 0 bridgehead atoms. The molecule has 4 nitrogen and oxygen atoms in total. The number of nitrogens with one attached hydrogen (secondary N) is 1. The van der Waals surface area contributed by atoms with Crippen molar-refractivity contribution in [2.24, 2.45) is 0 Å². The van der Waals surface area contributed by atoms with Gasteiger partial charge in [0.25, 0.3) is 0 Å². The maximum Gasteiger partial charge on any atom is 0.135 e. The molecule has 2 heterocycles. The van der Waals surface area contributed by atoms with Crippen LogP contribution in [0.1, 0.15) is 49.9 Å². The standard InChI is InChI=1S/C45H33NO.C27H23N.C18H11BrO/c1-45(2)41-18-10-8-16-37(41)38-26-24-34(29-42(38)45)46(32-22-20-31(21-23-32)30-12-4-3-5-13-30)33-25-27-44-40(28-33)36-15-7-6-14-35(36)39-17-9-11-19-43(39)47-44;1-27(2)25-11-7-6-10-23(25)24-17-16-22(18-26(24)27)28-21-14-12-20(13-15-21)19-8-4-3-5-9-19;19-12-9-10-18-16(11-12)14-6-2-1-5-13(14)15-7-3-4-8-17(15)20-18/h3-29H,1-2H3;3-18,28H,1-2H3;1-11H. The number of ether oxygens (including phenoxy) is 2. The number of anilines is 5. The van der Waals surface area contributed by atoms with E-state index in [1.807, 2.05) is 42.5 Å². The van der Waals surface area contributed by atoms with E-state index in [-0.39, 0.29) is 10.8 Å². The molecule has 0 saturated carbocycles. The number of hydrogen-bond acceptors (Lipinski definition) is 4. The topological polar surface area (TPSA) is 33.7 Å². The minimum atomic E-state index is -0.100. The van der Waals surface area contributed by atoms with Gasteiger partial charge in [-0.1, -0.05) is 274 Å². The van der Waals surface area contributed by atoms with E-state index < -0.39 is 0 Å². The summed E-state index contributed by atoms with van der Waals surface area (Å²) in [5.74, 6) is 3.53. The lowest BCUT2D eigenvalue weighted by molar-refractivity contribution is 0.487. The fraction of sp³-hybridized carbons (Fsp3) is 0.0667. The molecule has 0 unspecified atom stereocenters. The Kier molecular flexibility index (Phi) is 15.1. The van der Waals surface area contributed by atoms with Gasteiger partial charge in [-0.3, -0.25) is 0 Å². The van der Waals surface area contributed by atoms with Gasteiger partial charge in [-0.05, 0) is 186 Å². The molecule has 0 radical (unpaired) electrons. The first-order chi connectivity index (χ1) is 46.5. The third-order valence-corrected chi connectivity index (χ3v) is 19.8. The SMILES string of the molecule is Brc1ccc2c(c1)-c1ccccc1-c1ccccc1O2.CC1(C)c2ccccc2-c2ccc(N(c3ccc(-c4ccccc4)cc3)c3ccc4c(c3)-c3ccccc3-c3ccccc3O4)cc21.CC1(C)c2ccccc2-c2ccc(Nc3ccc(-c4ccccc4)cc3)cc21. The van der Waals surface area contributed by atoms with E-state index in [4.69, 9.17) is 9.47 Å². The van der Waals surface area contributed by atoms with Crippen molar-refractivity contribution in [3.05, 3.63) is 354 Å². The van der Waals surface area contributed by atoms with E-state index in [1.165, 1.54) is 89.0 Å². The third kappa shape index (κ3) is 10.9. The zero-order valence-corrected chi connectivity index (χ0v) is 54.9. The molecule has 0 atom stereocenters. The van der Waals surface area contributed by atoms with Crippen LogP contribution >= 0.6 is 15.9 Å². The van der Waals surface area contributed by atoms with Gasteiger partial charge in [0.15, 0.2) is 0 Å². The van der Waals surface area contributed by atoms with Crippen molar-refractivity contribution in [2.45, 2.75) is 38.5 Å². The van der Waals surface area contributed by atoms with Crippen LogP contribution in [-0.4, -0.2) is 0 Å². The predicted octanol–water partition coefficient (Wildman–Crippen LogP) is 25.9. The van der Waals surface area contributed by atoms with Crippen LogP contribution in [0.15, 0.2) is 332 Å². The Morgan fingerprint density at radius 1 is 0.253 bits per heavy atom. The van der Waals surface area contributed by atoms with Crippen LogP contribution < -0.4 is 19.7 Å². The molecule has 2 aliphatic carbocycles. The van der Waals surface area contributed by atoms with Crippen LogP contribution in [0.5, 0.6) is 23.0 Å².